The molecule has 2 rings (SSSR count). The minimum absolute atomic E-state index is 0.131. The normalized spacial score (nSPS) is 10.5. The SMILES string of the molecule is O=C(COc1cccc(Br)c1)NN=Cc1cccc(O)c1. The first-order valence-electron chi connectivity index (χ1n) is 6.13. The van der Waals surface area contributed by atoms with E-state index in [1.807, 2.05) is 12.1 Å². The van der Waals surface area contributed by atoms with Crippen LogP contribution in [0.1, 0.15) is 5.56 Å². The van der Waals surface area contributed by atoms with Crippen LogP contribution in [0.5, 0.6) is 11.5 Å². The molecule has 0 atom stereocenters. The quantitative estimate of drug-likeness (QED) is 0.644. The number of hydrogen-bond acceptors (Lipinski definition) is 4. The highest BCUT2D eigenvalue weighted by Crippen LogP contribution is 2.17. The van der Waals surface area contributed by atoms with Crippen molar-refractivity contribution in [2.24, 2.45) is 5.10 Å². The minimum Gasteiger partial charge on any atom is -0.508 e. The fraction of sp³-hybridized carbons (Fsp3) is 0.0667. The zero-order valence-electron chi connectivity index (χ0n) is 11.0. The first-order valence-corrected chi connectivity index (χ1v) is 6.92. The van der Waals surface area contributed by atoms with Crippen LogP contribution in [0.15, 0.2) is 58.1 Å². The van der Waals surface area contributed by atoms with Gasteiger partial charge in [-0.05, 0) is 35.9 Å². The molecular formula is C15H13BrN2O3. The van der Waals surface area contributed by atoms with Gasteiger partial charge in [0.2, 0.25) is 0 Å². The molecule has 0 aliphatic carbocycles. The molecule has 0 saturated carbocycles. The number of nitrogens with one attached hydrogen (secondary N) is 1. The lowest BCUT2D eigenvalue weighted by Gasteiger charge is -2.05. The van der Waals surface area contributed by atoms with E-state index in [0.717, 1.165) is 4.47 Å². The summed E-state index contributed by atoms with van der Waals surface area (Å²) in [5, 5.41) is 13.1. The Morgan fingerprint density at radius 2 is 2.10 bits per heavy atom. The summed E-state index contributed by atoms with van der Waals surface area (Å²) in [6, 6.07) is 13.7. The smallest absolute Gasteiger partial charge is 0.277 e. The Balaban J connectivity index is 1.80. The number of rotatable bonds is 5. The van der Waals surface area contributed by atoms with Crippen LogP contribution in [-0.4, -0.2) is 23.8 Å². The highest BCUT2D eigenvalue weighted by Gasteiger charge is 2.01. The number of hydrazone groups is 1. The zero-order chi connectivity index (χ0) is 15.1. The van der Waals surface area contributed by atoms with Gasteiger partial charge in [-0.2, -0.15) is 5.10 Å². The van der Waals surface area contributed by atoms with Gasteiger partial charge >= 0.3 is 0 Å². The lowest BCUT2D eigenvalue weighted by Crippen LogP contribution is -2.24. The van der Waals surface area contributed by atoms with Gasteiger partial charge in [0, 0.05) is 4.47 Å². The first kappa shape index (κ1) is 15.1. The molecule has 0 radical (unpaired) electrons. The van der Waals surface area contributed by atoms with Crippen LogP contribution in [0.25, 0.3) is 0 Å². The van der Waals surface area contributed by atoms with Gasteiger partial charge in [-0.15, -0.1) is 0 Å². The molecule has 6 heteroatoms. The maximum Gasteiger partial charge on any atom is 0.277 e. The molecule has 0 unspecified atom stereocenters. The van der Waals surface area contributed by atoms with Gasteiger partial charge in [0.05, 0.1) is 6.21 Å². The van der Waals surface area contributed by atoms with E-state index in [4.69, 9.17) is 4.74 Å². The number of phenols is 1. The molecule has 0 aliphatic heterocycles. The number of carbonyl (C=O) groups is 1. The molecular weight excluding hydrogens is 336 g/mol. The molecule has 2 aromatic carbocycles. The summed E-state index contributed by atoms with van der Waals surface area (Å²) in [6.45, 7) is -0.131. The third-order valence-corrected chi connectivity index (χ3v) is 2.93. The van der Waals surface area contributed by atoms with E-state index in [1.165, 1.54) is 12.3 Å². The summed E-state index contributed by atoms with van der Waals surface area (Å²) in [5.41, 5.74) is 3.03. The van der Waals surface area contributed by atoms with Gasteiger partial charge in [0.1, 0.15) is 11.5 Å². The Kier molecular flexibility index (Phi) is 5.34. The van der Waals surface area contributed by atoms with E-state index in [-0.39, 0.29) is 18.3 Å². The molecule has 0 spiro atoms. The summed E-state index contributed by atoms with van der Waals surface area (Å²) >= 11 is 3.32. The summed E-state index contributed by atoms with van der Waals surface area (Å²) in [4.78, 5) is 11.5. The second-order valence-electron chi connectivity index (χ2n) is 4.13. The molecule has 108 valence electrons. The van der Waals surface area contributed by atoms with E-state index in [9.17, 15) is 9.90 Å². The number of hydrogen-bond donors (Lipinski definition) is 2. The van der Waals surface area contributed by atoms with Crippen molar-refractivity contribution in [2.75, 3.05) is 6.61 Å². The molecule has 5 nitrogen and oxygen atoms in total. The van der Waals surface area contributed by atoms with E-state index in [1.54, 1.807) is 30.3 Å². The van der Waals surface area contributed by atoms with Crippen molar-refractivity contribution in [1.82, 2.24) is 5.43 Å². The van der Waals surface area contributed by atoms with Crippen molar-refractivity contribution in [3.63, 3.8) is 0 Å². The van der Waals surface area contributed by atoms with Crippen molar-refractivity contribution in [3.05, 3.63) is 58.6 Å². The summed E-state index contributed by atoms with van der Waals surface area (Å²) in [5.74, 6) is 0.367. The number of halogens is 1. The summed E-state index contributed by atoms with van der Waals surface area (Å²) in [6.07, 6.45) is 1.44. The van der Waals surface area contributed by atoms with Gasteiger partial charge in [-0.25, -0.2) is 5.43 Å². The average Bonchev–Trinajstić information content (AvgIpc) is 2.45. The number of nitrogens with zero attached hydrogens (tertiary/aromatic N) is 1. The van der Waals surface area contributed by atoms with Gasteiger partial charge in [0.25, 0.3) is 5.91 Å². The number of aromatic hydroxyl groups is 1. The van der Waals surface area contributed by atoms with Crippen LogP contribution < -0.4 is 10.2 Å². The molecule has 1 amide bonds. The molecule has 0 heterocycles. The molecule has 21 heavy (non-hydrogen) atoms. The van der Waals surface area contributed by atoms with Crippen LogP contribution >= 0.6 is 15.9 Å². The van der Waals surface area contributed by atoms with Crippen LogP contribution in [0.3, 0.4) is 0 Å². The molecule has 0 bridgehead atoms. The van der Waals surface area contributed by atoms with E-state index < -0.39 is 0 Å². The Labute approximate surface area is 130 Å². The molecule has 0 fully saturated rings. The molecule has 0 saturated heterocycles. The molecule has 2 N–H and O–H groups in total. The second kappa shape index (κ2) is 7.44. The van der Waals surface area contributed by atoms with Gasteiger partial charge in [-0.3, -0.25) is 4.79 Å². The first-order chi connectivity index (χ1) is 10.1. The monoisotopic (exact) mass is 348 g/mol. The minimum atomic E-state index is -0.369. The topological polar surface area (TPSA) is 70.9 Å². The fourth-order valence-electron chi connectivity index (χ4n) is 1.52. The van der Waals surface area contributed by atoms with E-state index in [0.29, 0.717) is 11.3 Å². The Bertz CT molecular complexity index is 659. The molecule has 2 aromatic rings. The zero-order valence-corrected chi connectivity index (χ0v) is 12.6. The molecule has 0 aliphatic rings. The van der Waals surface area contributed by atoms with Crippen molar-refractivity contribution in [2.45, 2.75) is 0 Å². The lowest BCUT2D eigenvalue weighted by atomic mass is 10.2. The number of carbonyl (C=O) groups excluding carboxylic acids is 1. The standard InChI is InChI=1S/C15H13BrN2O3/c16-12-4-2-6-14(8-12)21-10-15(20)18-17-9-11-3-1-5-13(19)7-11/h1-9,19H,10H2,(H,18,20). The third kappa shape index (κ3) is 5.27. The van der Waals surface area contributed by atoms with Crippen molar-refractivity contribution >= 4 is 28.1 Å². The largest absolute Gasteiger partial charge is 0.508 e. The van der Waals surface area contributed by atoms with E-state index in [2.05, 4.69) is 26.5 Å². The Hall–Kier alpha value is -2.34. The Morgan fingerprint density at radius 1 is 1.29 bits per heavy atom. The van der Waals surface area contributed by atoms with Gasteiger partial charge < -0.3 is 9.84 Å². The third-order valence-electron chi connectivity index (χ3n) is 2.44. The van der Waals surface area contributed by atoms with E-state index >= 15 is 0 Å². The van der Waals surface area contributed by atoms with Crippen LogP contribution in [0, 0.1) is 0 Å². The summed E-state index contributed by atoms with van der Waals surface area (Å²) in [7, 11) is 0. The predicted molar refractivity (Wildman–Crippen MR) is 83.5 cm³/mol. The average molecular weight is 349 g/mol. The van der Waals surface area contributed by atoms with Crippen LogP contribution in [-0.2, 0) is 4.79 Å². The second-order valence-corrected chi connectivity index (χ2v) is 5.05. The van der Waals surface area contributed by atoms with Crippen molar-refractivity contribution in [3.8, 4) is 11.5 Å². The van der Waals surface area contributed by atoms with Crippen molar-refractivity contribution in [1.29, 1.82) is 0 Å². The van der Waals surface area contributed by atoms with Crippen LogP contribution in [0.2, 0.25) is 0 Å². The number of phenolic OH excluding ortho intramolecular Hbond substituents is 1. The maximum absolute atomic E-state index is 11.5. The summed E-state index contributed by atoms with van der Waals surface area (Å²) < 4.78 is 6.19. The Morgan fingerprint density at radius 3 is 2.86 bits per heavy atom. The lowest BCUT2D eigenvalue weighted by molar-refractivity contribution is -0.123. The highest BCUT2D eigenvalue weighted by molar-refractivity contribution is 9.10. The van der Waals surface area contributed by atoms with Crippen molar-refractivity contribution < 1.29 is 14.6 Å². The highest BCUT2D eigenvalue weighted by atomic mass is 79.9. The number of ether oxygens (including phenoxy) is 1. The number of benzene rings is 2. The van der Waals surface area contributed by atoms with Crippen LogP contribution in [0.4, 0.5) is 0 Å². The fourth-order valence-corrected chi connectivity index (χ4v) is 1.90. The number of amides is 1. The maximum atomic E-state index is 11.5. The van der Waals surface area contributed by atoms with Gasteiger partial charge in [-0.1, -0.05) is 34.1 Å². The van der Waals surface area contributed by atoms with Gasteiger partial charge in [0.15, 0.2) is 6.61 Å². The molecule has 0 aromatic heterocycles. The predicted octanol–water partition coefficient (Wildman–Crippen LogP) is 2.68.